The number of rotatable bonds is 5. The number of Topliss-reactive ketones (excluding diaryl/α,β-unsaturated/α-hetero) is 1. The standard InChI is InChI=1S/C28H48O2/c1-17(2)18(3)15-26(30)19(4)23-9-10-24-22-8-7-20-16-21(29)11-13-27(20,5)25(22)12-14-28(23,24)6/h17-20,22-26,30H,7-16H2,1-6H3/t18-,19+,20+,22+,23-,24+,25+,26+,27+,28-/m1/s1. The van der Waals surface area contributed by atoms with Gasteiger partial charge < -0.3 is 5.11 Å². The number of carbonyl (C=O) groups is 1. The zero-order valence-electron chi connectivity index (χ0n) is 20.6. The fraction of sp³-hybridized carbons (Fsp3) is 0.964. The predicted molar refractivity (Wildman–Crippen MR) is 124 cm³/mol. The molecule has 0 spiro atoms. The summed E-state index contributed by atoms with van der Waals surface area (Å²) in [5.41, 5.74) is 0.824. The Morgan fingerprint density at radius 1 is 0.933 bits per heavy atom. The summed E-state index contributed by atoms with van der Waals surface area (Å²) < 4.78 is 0. The quantitative estimate of drug-likeness (QED) is 0.529. The molecule has 0 heterocycles. The molecule has 0 aromatic heterocycles. The summed E-state index contributed by atoms with van der Waals surface area (Å²) in [5.74, 6) is 6.04. The third-order valence-electron chi connectivity index (χ3n) is 11.5. The Hall–Kier alpha value is -0.370. The summed E-state index contributed by atoms with van der Waals surface area (Å²) in [5, 5.41) is 11.1. The molecule has 4 saturated carbocycles. The van der Waals surface area contributed by atoms with Gasteiger partial charge in [0.1, 0.15) is 5.78 Å². The average molecular weight is 417 g/mol. The third-order valence-corrected chi connectivity index (χ3v) is 11.5. The van der Waals surface area contributed by atoms with Crippen molar-refractivity contribution in [2.45, 2.75) is 112 Å². The fourth-order valence-corrected chi connectivity index (χ4v) is 9.09. The van der Waals surface area contributed by atoms with Crippen molar-refractivity contribution in [1.29, 1.82) is 0 Å². The van der Waals surface area contributed by atoms with E-state index in [1.165, 1.54) is 38.5 Å². The van der Waals surface area contributed by atoms with E-state index < -0.39 is 0 Å². The van der Waals surface area contributed by atoms with Crippen LogP contribution in [-0.2, 0) is 4.79 Å². The van der Waals surface area contributed by atoms with Gasteiger partial charge in [-0.05, 0) is 110 Å². The molecule has 172 valence electrons. The first kappa shape index (κ1) is 22.8. The second kappa shape index (κ2) is 8.20. The average Bonchev–Trinajstić information content (AvgIpc) is 3.04. The predicted octanol–water partition coefficient (Wildman–Crippen LogP) is 6.89. The molecule has 0 aliphatic heterocycles. The number of ketones is 1. The van der Waals surface area contributed by atoms with Crippen molar-refractivity contribution in [2.75, 3.05) is 0 Å². The van der Waals surface area contributed by atoms with E-state index in [0.29, 0.717) is 46.2 Å². The van der Waals surface area contributed by atoms with Crippen LogP contribution in [0.4, 0.5) is 0 Å². The maximum absolute atomic E-state index is 12.1. The molecule has 30 heavy (non-hydrogen) atoms. The first-order valence-corrected chi connectivity index (χ1v) is 13.3. The molecule has 0 saturated heterocycles. The summed E-state index contributed by atoms with van der Waals surface area (Å²) in [6.07, 6.45) is 11.7. The highest BCUT2D eigenvalue weighted by Gasteiger charge is 2.60. The molecule has 0 unspecified atom stereocenters. The minimum atomic E-state index is -0.154. The van der Waals surface area contributed by atoms with Gasteiger partial charge in [-0.3, -0.25) is 4.79 Å². The van der Waals surface area contributed by atoms with Crippen LogP contribution in [0.1, 0.15) is 106 Å². The van der Waals surface area contributed by atoms with Crippen molar-refractivity contribution in [3.8, 4) is 0 Å². The summed E-state index contributed by atoms with van der Waals surface area (Å²) >= 11 is 0. The lowest BCUT2D eigenvalue weighted by Gasteiger charge is -2.60. The van der Waals surface area contributed by atoms with Gasteiger partial charge in [0.05, 0.1) is 6.10 Å². The number of carbonyl (C=O) groups excluding carboxylic acids is 1. The minimum Gasteiger partial charge on any atom is -0.393 e. The van der Waals surface area contributed by atoms with Crippen molar-refractivity contribution >= 4 is 5.78 Å². The zero-order chi connectivity index (χ0) is 21.8. The number of hydrogen-bond acceptors (Lipinski definition) is 2. The van der Waals surface area contributed by atoms with Crippen LogP contribution in [0.25, 0.3) is 0 Å². The number of aliphatic hydroxyl groups excluding tert-OH is 1. The van der Waals surface area contributed by atoms with E-state index >= 15 is 0 Å². The number of aliphatic hydroxyl groups is 1. The van der Waals surface area contributed by atoms with E-state index in [-0.39, 0.29) is 6.10 Å². The molecule has 2 nitrogen and oxygen atoms in total. The highest BCUT2D eigenvalue weighted by atomic mass is 16.3. The monoisotopic (exact) mass is 416 g/mol. The van der Waals surface area contributed by atoms with Crippen LogP contribution < -0.4 is 0 Å². The maximum Gasteiger partial charge on any atom is 0.133 e. The topological polar surface area (TPSA) is 37.3 Å². The van der Waals surface area contributed by atoms with Crippen LogP contribution in [-0.4, -0.2) is 17.0 Å². The molecule has 0 radical (unpaired) electrons. The van der Waals surface area contributed by atoms with Gasteiger partial charge >= 0.3 is 0 Å². The molecule has 0 aromatic carbocycles. The Morgan fingerprint density at radius 2 is 1.63 bits per heavy atom. The third kappa shape index (κ3) is 3.61. The lowest BCUT2D eigenvalue weighted by atomic mass is 9.44. The second-order valence-corrected chi connectivity index (χ2v) is 13.0. The lowest BCUT2D eigenvalue weighted by molar-refractivity contribution is -0.141. The Kier molecular flexibility index (Phi) is 6.23. The van der Waals surface area contributed by atoms with E-state index in [4.69, 9.17) is 0 Å². The van der Waals surface area contributed by atoms with Crippen LogP contribution in [0.2, 0.25) is 0 Å². The van der Waals surface area contributed by atoms with Gasteiger partial charge in [-0.25, -0.2) is 0 Å². The summed E-state index contributed by atoms with van der Waals surface area (Å²) in [4.78, 5) is 12.1. The van der Waals surface area contributed by atoms with Crippen LogP contribution in [0.15, 0.2) is 0 Å². The molecule has 0 amide bonds. The van der Waals surface area contributed by atoms with Crippen molar-refractivity contribution in [3.05, 3.63) is 0 Å². The highest BCUT2D eigenvalue weighted by molar-refractivity contribution is 5.79. The minimum absolute atomic E-state index is 0.154. The Balaban J connectivity index is 1.49. The molecule has 10 atom stereocenters. The summed E-state index contributed by atoms with van der Waals surface area (Å²) in [6, 6.07) is 0. The van der Waals surface area contributed by atoms with Gasteiger partial charge in [-0.15, -0.1) is 0 Å². The van der Waals surface area contributed by atoms with E-state index in [2.05, 4.69) is 41.5 Å². The van der Waals surface area contributed by atoms with Gasteiger partial charge in [0, 0.05) is 12.8 Å². The molecule has 0 aromatic rings. The van der Waals surface area contributed by atoms with Gasteiger partial charge in [-0.2, -0.15) is 0 Å². The molecule has 4 fully saturated rings. The fourth-order valence-electron chi connectivity index (χ4n) is 9.09. The molecule has 4 aliphatic carbocycles. The van der Waals surface area contributed by atoms with E-state index in [1.807, 2.05) is 0 Å². The van der Waals surface area contributed by atoms with Gasteiger partial charge in [0.25, 0.3) is 0 Å². The van der Waals surface area contributed by atoms with Crippen molar-refractivity contribution in [2.24, 2.45) is 58.2 Å². The lowest BCUT2D eigenvalue weighted by Crippen LogP contribution is -2.54. The normalized spacial score (nSPS) is 46.7. The van der Waals surface area contributed by atoms with Crippen molar-refractivity contribution in [3.63, 3.8) is 0 Å². The summed E-state index contributed by atoms with van der Waals surface area (Å²) in [6.45, 7) is 14.4. The molecular weight excluding hydrogens is 368 g/mol. The highest BCUT2D eigenvalue weighted by Crippen LogP contribution is 2.68. The molecule has 1 N–H and O–H groups in total. The van der Waals surface area contributed by atoms with Crippen LogP contribution in [0.3, 0.4) is 0 Å². The van der Waals surface area contributed by atoms with Crippen molar-refractivity contribution < 1.29 is 9.90 Å². The molecule has 4 aliphatic rings. The van der Waals surface area contributed by atoms with E-state index in [9.17, 15) is 9.90 Å². The second-order valence-electron chi connectivity index (χ2n) is 13.0. The Morgan fingerprint density at radius 3 is 2.33 bits per heavy atom. The maximum atomic E-state index is 12.1. The Labute approximate surface area is 186 Å². The van der Waals surface area contributed by atoms with E-state index in [1.54, 1.807) is 0 Å². The molecule has 2 heteroatoms. The van der Waals surface area contributed by atoms with Crippen LogP contribution in [0.5, 0.6) is 0 Å². The largest absolute Gasteiger partial charge is 0.393 e. The molecule has 0 bridgehead atoms. The SMILES string of the molecule is CC(C)[C@H](C)C[C@H](O)[C@@H](C)[C@H]1CC[C@H]2[C@@H]3CC[C@H]4CC(=O)CC[C@]4(C)[C@H]3CC[C@]12C. The Bertz CT molecular complexity index is 641. The smallest absolute Gasteiger partial charge is 0.133 e. The zero-order valence-corrected chi connectivity index (χ0v) is 20.6. The van der Waals surface area contributed by atoms with Gasteiger partial charge in [-0.1, -0.05) is 41.5 Å². The van der Waals surface area contributed by atoms with E-state index in [0.717, 1.165) is 43.4 Å². The molecule has 4 rings (SSSR count). The number of hydrogen-bond donors (Lipinski definition) is 1. The summed E-state index contributed by atoms with van der Waals surface area (Å²) in [7, 11) is 0. The van der Waals surface area contributed by atoms with Gasteiger partial charge in [0.2, 0.25) is 0 Å². The molecular formula is C28H48O2. The van der Waals surface area contributed by atoms with Crippen LogP contribution in [0, 0.1) is 58.2 Å². The first-order chi connectivity index (χ1) is 14.1. The first-order valence-electron chi connectivity index (χ1n) is 13.3. The van der Waals surface area contributed by atoms with Gasteiger partial charge in [0.15, 0.2) is 0 Å². The number of fused-ring (bicyclic) bond motifs is 5. The van der Waals surface area contributed by atoms with Crippen LogP contribution >= 0.6 is 0 Å². The van der Waals surface area contributed by atoms with Crippen molar-refractivity contribution in [1.82, 2.24) is 0 Å².